The van der Waals surface area contributed by atoms with Crippen LogP contribution in [-0.4, -0.2) is 27.2 Å². The van der Waals surface area contributed by atoms with E-state index < -0.39 is 15.8 Å². The molecule has 0 aliphatic rings. The number of sulfonamides is 1. The molecule has 0 unspecified atom stereocenters. The van der Waals surface area contributed by atoms with E-state index in [9.17, 15) is 12.8 Å². The van der Waals surface area contributed by atoms with Crippen LogP contribution in [-0.2, 0) is 10.0 Å². The van der Waals surface area contributed by atoms with Crippen LogP contribution in [0.4, 0.5) is 10.1 Å². The van der Waals surface area contributed by atoms with Gasteiger partial charge in [-0.2, -0.15) is 0 Å². The van der Waals surface area contributed by atoms with Crippen LogP contribution in [0.2, 0.25) is 0 Å². The van der Waals surface area contributed by atoms with Gasteiger partial charge >= 0.3 is 0 Å². The van der Waals surface area contributed by atoms with Crippen LogP contribution < -0.4 is 9.46 Å². The van der Waals surface area contributed by atoms with E-state index in [2.05, 4.69) is 4.72 Å². The van der Waals surface area contributed by atoms with Crippen molar-refractivity contribution >= 4 is 27.3 Å². The van der Waals surface area contributed by atoms with E-state index >= 15 is 0 Å². The summed E-state index contributed by atoms with van der Waals surface area (Å²) in [7, 11) is -2.18. The third kappa shape index (κ3) is 3.53. The Morgan fingerprint density at radius 2 is 2.19 bits per heavy atom. The van der Waals surface area contributed by atoms with Gasteiger partial charge in [0.2, 0.25) is 10.0 Å². The van der Waals surface area contributed by atoms with Crippen molar-refractivity contribution in [2.45, 2.75) is 0 Å². The molecular formula is C9H11ClFNO3S. The van der Waals surface area contributed by atoms with Gasteiger partial charge in [-0.15, -0.1) is 11.6 Å². The molecule has 0 radical (unpaired) electrons. The highest BCUT2D eigenvalue weighted by atomic mass is 35.5. The van der Waals surface area contributed by atoms with Gasteiger partial charge in [-0.3, -0.25) is 4.72 Å². The fourth-order valence-electron chi connectivity index (χ4n) is 1.06. The van der Waals surface area contributed by atoms with Crippen LogP contribution in [0.3, 0.4) is 0 Å². The predicted molar refractivity (Wildman–Crippen MR) is 61.1 cm³/mol. The number of ether oxygens (including phenoxy) is 1. The summed E-state index contributed by atoms with van der Waals surface area (Å²) in [5.41, 5.74) is 0.239. The number of nitrogens with one attached hydrogen (secondary N) is 1. The van der Waals surface area contributed by atoms with Crippen molar-refractivity contribution in [1.29, 1.82) is 0 Å². The number of hydrogen-bond donors (Lipinski definition) is 1. The Hall–Kier alpha value is -1.01. The monoisotopic (exact) mass is 267 g/mol. The third-order valence-electron chi connectivity index (χ3n) is 1.77. The van der Waals surface area contributed by atoms with E-state index in [1.807, 2.05) is 0 Å². The lowest BCUT2D eigenvalue weighted by Gasteiger charge is -2.08. The zero-order valence-electron chi connectivity index (χ0n) is 8.54. The summed E-state index contributed by atoms with van der Waals surface area (Å²) in [5, 5.41) is 0. The lowest BCUT2D eigenvalue weighted by Crippen LogP contribution is -2.17. The molecule has 0 saturated carbocycles. The van der Waals surface area contributed by atoms with Gasteiger partial charge < -0.3 is 4.74 Å². The van der Waals surface area contributed by atoms with Crippen LogP contribution in [0.15, 0.2) is 18.2 Å². The molecule has 0 aliphatic heterocycles. The molecule has 1 aromatic carbocycles. The fourth-order valence-corrected chi connectivity index (χ4v) is 2.46. The molecular weight excluding hydrogens is 257 g/mol. The molecule has 0 aromatic heterocycles. The molecule has 0 saturated heterocycles. The minimum atomic E-state index is -3.48. The molecule has 0 atom stereocenters. The maximum Gasteiger partial charge on any atom is 0.233 e. The Morgan fingerprint density at radius 3 is 2.75 bits per heavy atom. The maximum atomic E-state index is 13.0. The number of rotatable bonds is 5. The largest absolute Gasteiger partial charge is 0.494 e. The molecule has 1 aromatic rings. The Morgan fingerprint density at radius 1 is 1.50 bits per heavy atom. The molecule has 16 heavy (non-hydrogen) atoms. The first-order valence-electron chi connectivity index (χ1n) is 4.38. The Labute approximate surface area is 98.4 Å². The van der Waals surface area contributed by atoms with Crippen molar-refractivity contribution in [2.24, 2.45) is 0 Å². The van der Waals surface area contributed by atoms with E-state index in [-0.39, 0.29) is 23.1 Å². The van der Waals surface area contributed by atoms with Crippen molar-refractivity contribution < 1.29 is 17.5 Å². The minimum absolute atomic E-state index is 0.00629. The number of hydrogen-bond acceptors (Lipinski definition) is 3. The van der Waals surface area contributed by atoms with Crippen LogP contribution in [0.1, 0.15) is 0 Å². The molecule has 4 nitrogen and oxygen atoms in total. The molecule has 90 valence electrons. The summed E-state index contributed by atoms with van der Waals surface area (Å²) in [5.74, 6) is -0.782. The first kappa shape index (κ1) is 13.1. The van der Waals surface area contributed by atoms with Gasteiger partial charge in [0.1, 0.15) is 0 Å². The van der Waals surface area contributed by atoms with Crippen molar-refractivity contribution in [2.75, 3.05) is 23.5 Å². The summed E-state index contributed by atoms with van der Waals surface area (Å²) in [6, 6.07) is 3.70. The number of benzene rings is 1. The highest BCUT2D eigenvalue weighted by Crippen LogP contribution is 2.22. The predicted octanol–water partition coefficient (Wildman–Crippen LogP) is 1.81. The van der Waals surface area contributed by atoms with Crippen molar-refractivity contribution in [3.8, 4) is 5.75 Å². The van der Waals surface area contributed by atoms with E-state index in [1.54, 1.807) is 0 Å². The van der Waals surface area contributed by atoms with E-state index in [1.165, 1.54) is 19.2 Å². The second-order valence-electron chi connectivity index (χ2n) is 2.96. The van der Waals surface area contributed by atoms with Gasteiger partial charge in [0.05, 0.1) is 18.6 Å². The van der Waals surface area contributed by atoms with Crippen molar-refractivity contribution in [3.63, 3.8) is 0 Å². The second kappa shape index (κ2) is 5.36. The van der Waals surface area contributed by atoms with Crippen LogP contribution in [0, 0.1) is 5.82 Å². The van der Waals surface area contributed by atoms with Gasteiger partial charge in [-0.05, 0) is 12.1 Å². The van der Waals surface area contributed by atoms with Gasteiger partial charge in [-0.1, -0.05) is 0 Å². The maximum absolute atomic E-state index is 13.0. The summed E-state index contributed by atoms with van der Waals surface area (Å²) < 4.78 is 42.7. The normalized spacial score (nSPS) is 11.2. The lowest BCUT2D eigenvalue weighted by molar-refractivity contribution is 0.387. The van der Waals surface area contributed by atoms with Gasteiger partial charge in [0, 0.05) is 11.9 Å². The molecule has 0 bridgehead atoms. The van der Waals surface area contributed by atoms with E-state index in [0.717, 1.165) is 6.07 Å². The smallest absolute Gasteiger partial charge is 0.233 e. The fraction of sp³-hybridized carbons (Fsp3) is 0.333. The molecule has 0 aliphatic carbocycles. The Bertz CT molecular complexity index is 464. The highest BCUT2D eigenvalue weighted by Gasteiger charge is 2.11. The first-order valence-corrected chi connectivity index (χ1v) is 6.57. The topological polar surface area (TPSA) is 55.4 Å². The average molecular weight is 268 g/mol. The highest BCUT2D eigenvalue weighted by molar-refractivity contribution is 7.92. The van der Waals surface area contributed by atoms with Crippen molar-refractivity contribution in [1.82, 2.24) is 0 Å². The summed E-state index contributed by atoms with van der Waals surface area (Å²) in [6.45, 7) is 0. The zero-order chi connectivity index (χ0) is 12.2. The summed E-state index contributed by atoms with van der Waals surface area (Å²) >= 11 is 5.33. The van der Waals surface area contributed by atoms with Crippen LogP contribution in [0.5, 0.6) is 5.75 Å². The third-order valence-corrected chi connectivity index (χ3v) is 3.47. The Kier molecular flexibility index (Phi) is 4.37. The zero-order valence-corrected chi connectivity index (χ0v) is 10.1. The second-order valence-corrected chi connectivity index (χ2v) is 5.18. The molecule has 0 amide bonds. The quantitative estimate of drug-likeness (QED) is 0.828. The van der Waals surface area contributed by atoms with E-state index in [4.69, 9.17) is 16.3 Å². The van der Waals surface area contributed by atoms with Gasteiger partial charge in [-0.25, -0.2) is 12.8 Å². The number of halogens is 2. The molecule has 1 rings (SSSR count). The summed E-state index contributed by atoms with van der Waals surface area (Å²) in [6.07, 6.45) is 0. The van der Waals surface area contributed by atoms with Crippen LogP contribution >= 0.6 is 11.6 Å². The number of methoxy groups -OCH3 is 1. The van der Waals surface area contributed by atoms with Crippen molar-refractivity contribution in [3.05, 3.63) is 24.0 Å². The SMILES string of the molecule is COc1cc(NS(=O)(=O)CCCl)ccc1F. The summed E-state index contributed by atoms with van der Waals surface area (Å²) in [4.78, 5) is 0. The number of alkyl halides is 1. The standard InChI is InChI=1S/C9H11ClFNO3S/c1-15-9-6-7(2-3-8(9)11)12-16(13,14)5-4-10/h2-3,6,12H,4-5H2,1H3. The molecule has 1 N–H and O–H groups in total. The van der Waals surface area contributed by atoms with Gasteiger partial charge in [0.25, 0.3) is 0 Å². The first-order chi connectivity index (χ1) is 7.48. The lowest BCUT2D eigenvalue weighted by atomic mass is 10.3. The van der Waals surface area contributed by atoms with E-state index in [0.29, 0.717) is 0 Å². The molecule has 0 fully saturated rings. The average Bonchev–Trinajstić information content (AvgIpc) is 2.20. The molecule has 0 spiro atoms. The van der Waals surface area contributed by atoms with Gasteiger partial charge in [0.15, 0.2) is 11.6 Å². The number of anilines is 1. The molecule has 7 heteroatoms. The molecule has 0 heterocycles. The minimum Gasteiger partial charge on any atom is -0.494 e. The van der Waals surface area contributed by atoms with Crippen LogP contribution in [0.25, 0.3) is 0 Å². The Balaban J connectivity index is 2.90.